The van der Waals surface area contributed by atoms with Crippen LogP contribution in [0.15, 0.2) is 30.6 Å². The van der Waals surface area contributed by atoms with E-state index in [1.807, 2.05) is 25.4 Å². The fourth-order valence-corrected chi connectivity index (χ4v) is 3.56. The number of hydrogen-bond donors (Lipinski definition) is 4. The maximum absolute atomic E-state index is 5.71. The van der Waals surface area contributed by atoms with Gasteiger partial charge in [-0.1, -0.05) is 13.0 Å². The molecular weight excluding hydrogens is 376 g/mol. The standard InChI is InChI=1S/C22H34N8/c1-3-17-7-6-10-25-19(17)15-30(14-5-4-9-23)16-20-28-21-18(26-13-12-24-2)8-11-27-22(21)29-20/h6-8,10-11,24H,3-5,9,12-16,23H2,1-2H3,(H2,26,27,28,29). The number of nitrogens with two attached hydrogens (primary N) is 1. The van der Waals surface area contributed by atoms with Gasteiger partial charge >= 0.3 is 0 Å². The SMILES string of the molecule is CCc1cccnc1CN(CCCCN)Cc1nc2nccc(NCCNC)c2[nH]1. The number of aromatic nitrogens is 4. The molecule has 0 bridgehead atoms. The Kier molecular flexibility index (Phi) is 8.55. The summed E-state index contributed by atoms with van der Waals surface area (Å²) >= 11 is 0. The van der Waals surface area contributed by atoms with Crippen molar-refractivity contribution in [2.45, 2.75) is 39.3 Å². The van der Waals surface area contributed by atoms with Gasteiger partial charge < -0.3 is 21.4 Å². The smallest absolute Gasteiger partial charge is 0.179 e. The first-order valence-corrected chi connectivity index (χ1v) is 10.8. The zero-order chi connectivity index (χ0) is 21.2. The number of nitrogens with one attached hydrogen (secondary N) is 3. The highest BCUT2D eigenvalue weighted by Gasteiger charge is 2.14. The molecular formula is C22H34N8. The number of imidazole rings is 1. The zero-order valence-electron chi connectivity index (χ0n) is 18.1. The van der Waals surface area contributed by atoms with Crippen molar-refractivity contribution in [1.29, 1.82) is 0 Å². The second kappa shape index (κ2) is 11.6. The molecule has 3 heterocycles. The molecule has 0 amide bonds. The largest absolute Gasteiger partial charge is 0.382 e. The summed E-state index contributed by atoms with van der Waals surface area (Å²) in [5, 5.41) is 6.59. The average molecular weight is 411 g/mol. The second-order valence-corrected chi connectivity index (χ2v) is 7.44. The summed E-state index contributed by atoms with van der Waals surface area (Å²) in [6.45, 7) is 7.09. The molecule has 8 heteroatoms. The third kappa shape index (κ3) is 5.98. The highest BCUT2D eigenvalue weighted by Crippen LogP contribution is 2.20. The number of likely N-dealkylation sites (N-methyl/N-ethyl adjacent to an activating group) is 1. The fraction of sp³-hybridized carbons (Fsp3) is 0.500. The van der Waals surface area contributed by atoms with Crippen molar-refractivity contribution in [2.24, 2.45) is 5.73 Å². The molecule has 5 N–H and O–H groups in total. The topological polar surface area (TPSA) is 108 Å². The summed E-state index contributed by atoms with van der Waals surface area (Å²) in [7, 11) is 1.95. The number of pyridine rings is 2. The van der Waals surface area contributed by atoms with Crippen LogP contribution in [0.25, 0.3) is 11.2 Å². The van der Waals surface area contributed by atoms with Crippen molar-refractivity contribution in [3.05, 3.63) is 47.7 Å². The van der Waals surface area contributed by atoms with Crippen LogP contribution in [0.2, 0.25) is 0 Å². The van der Waals surface area contributed by atoms with Crippen LogP contribution in [0, 0.1) is 0 Å². The molecule has 3 aromatic heterocycles. The van der Waals surface area contributed by atoms with Gasteiger partial charge in [0.05, 0.1) is 17.9 Å². The van der Waals surface area contributed by atoms with Crippen molar-refractivity contribution in [1.82, 2.24) is 30.2 Å². The first-order valence-electron chi connectivity index (χ1n) is 10.8. The van der Waals surface area contributed by atoms with Gasteiger partial charge in [0.25, 0.3) is 0 Å². The normalized spacial score (nSPS) is 11.5. The Labute approximate surface area is 178 Å². The Morgan fingerprint density at radius 1 is 1.10 bits per heavy atom. The first-order chi connectivity index (χ1) is 14.7. The van der Waals surface area contributed by atoms with Crippen LogP contribution in [0.5, 0.6) is 0 Å². The molecule has 3 rings (SSSR count). The van der Waals surface area contributed by atoms with Gasteiger partial charge in [-0.05, 0) is 57.1 Å². The molecule has 30 heavy (non-hydrogen) atoms. The number of unbranched alkanes of at least 4 members (excludes halogenated alkanes) is 1. The molecule has 0 fully saturated rings. The third-order valence-corrected chi connectivity index (χ3v) is 5.17. The molecule has 8 nitrogen and oxygen atoms in total. The van der Waals surface area contributed by atoms with E-state index in [2.05, 4.69) is 43.5 Å². The average Bonchev–Trinajstić information content (AvgIpc) is 3.17. The quantitative estimate of drug-likeness (QED) is 0.320. The minimum absolute atomic E-state index is 0.716. The maximum atomic E-state index is 5.71. The Balaban J connectivity index is 1.77. The van der Waals surface area contributed by atoms with E-state index >= 15 is 0 Å². The van der Waals surface area contributed by atoms with Crippen molar-refractivity contribution in [3.8, 4) is 0 Å². The maximum Gasteiger partial charge on any atom is 0.179 e. The number of nitrogens with zero attached hydrogens (tertiary/aromatic N) is 4. The number of aryl methyl sites for hydroxylation is 1. The molecule has 0 aliphatic carbocycles. The molecule has 0 saturated heterocycles. The van der Waals surface area contributed by atoms with Gasteiger partial charge in [-0.15, -0.1) is 0 Å². The molecule has 0 atom stereocenters. The summed E-state index contributed by atoms with van der Waals surface area (Å²) in [6.07, 6.45) is 6.73. The van der Waals surface area contributed by atoms with Crippen molar-refractivity contribution < 1.29 is 0 Å². The lowest BCUT2D eigenvalue weighted by molar-refractivity contribution is 0.243. The van der Waals surface area contributed by atoms with E-state index < -0.39 is 0 Å². The highest BCUT2D eigenvalue weighted by molar-refractivity contribution is 5.85. The summed E-state index contributed by atoms with van der Waals surface area (Å²) in [6, 6.07) is 6.16. The molecule has 0 aliphatic rings. The molecule has 3 aromatic rings. The van der Waals surface area contributed by atoms with Gasteiger partial charge in [0.15, 0.2) is 5.65 Å². The van der Waals surface area contributed by atoms with Crippen LogP contribution in [-0.4, -0.2) is 58.1 Å². The number of anilines is 1. The van der Waals surface area contributed by atoms with Crippen molar-refractivity contribution in [2.75, 3.05) is 38.5 Å². The van der Waals surface area contributed by atoms with Crippen LogP contribution in [0.4, 0.5) is 5.69 Å². The van der Waals surface area contributed by atoms with E-state index in [-0.39, 0.29) is 0 Å². The van der Waals surface area contributed by atoms with Gasteiger partial charge in [-0.3, -0.25) is 9.88 Å². The second-order valence-electron chi connectivity index (χ2n) is 7.44. The van der Waals surface area contributed by atoms with Crippen LogP contribution < -0.4 is 16.4 Å². The highest BCUT2D eigenvalue weighted by atomic mass is 15.2. The minimum atomic E-state index is 0.716. The number of H-pyrrole nitrogens is 1. The van der Waals surface area contributed by atoms with E-state index in [9.17, 15) is 0 Å². The fourth-order valence-electron chi connectivity index (χ4n) is 3.56. The van der Waals surface area contributed by atoms with Gasteiger partial charge in [0.2, 0.25) is 0 Å². The van der Waals surface area contributed by atoms with E-state index in [0.29, 0.717) is 6.54 Å². The number of aromatic amines is 1. The molecule has 0 spiro atoms. The molecule has 0 aliphatic heterocycles. The lowest BCUT2D eigenvalue weighted by Crippen LogP contribution is -2.26. The van der Waals surface area contributed by atoms with Gasteiger partial charge in [0, 0.05) is 32.0 Å². The monoisotopic (exact) mass is 410 g/mol. The Morgan fingerprint density at radius 2 is 2.00 bits per heavy atom. The lowest BCUT2D eigenvalue weighted by Gasteiger charge is -2.22. The molecule has 0 unspecified atom stereocenters. The molecule has 162 valence electrons. The van der Waals surface area contributed by atoms with Gasteiger partial charge in [-0.25, -0.2) is 9.97 Å². The predicted molar refractivity (Wildman–Crippen MR) is 122 cm³/mol. The third-order valence-electron chi connectivity index (χ3n) is 5.17. The van der Waals surface area contributed by atoms with Gasteiger partial charge in [-0.2, -0.15) is 0 Å². The first kappa shape index (κ1) is 22.1. The molecule has 0 radical (unpaired) electrons. The zero-order valence-corrected chi connectivity index (χ0v) is 18.1. The summed E-state index contributed by atoms with van der Waals surface area (Å²) in [5.41, 5.74) is 10.9. The van der Waals surface area contributed by atoms with Crippen LogP contribution in [0.1, 0.15) is 36.8 Å². The van der Waals surface area contributed by atoms with Crippen LogP contribution in [0.3, 0.4) is 0 Å². The number of fused-ring (bicyclic) bond motifs is 1. The van der Waals surface area contributed by atoms with E-state index in [1.54, 1.807) is 6.20 Å². The predicted octanol–water partition coefficient (Wildman–Crippen LogP) is 2.29. The number of rotatable bonds is 13. The van der Waals surface area contributed by atoms with Gasteiger partial charge in [0.1, 0.15) is 11.3 Å². The lowest BCUT2D eigenvalue weighted by atomic mass is 10.1. The van der Waals surface area contributed by atoms with Crippen LogP contribution >= 0.6 is 0 Å². The number of hydrogen-bond acceptors (Lipinski definition) is 7. The molecule has 0 aromatic carbocycles. The Hall–Kier alpha value is -2.55. The van der Waals surface area contributed by atoms with E-state index in [1.165, 1.54) is 5.56 Å². The summed E-state index contributed by atoms with van der Waals surface area (Å²) in [5.74, 6) is 0.919. The van der Waals surface area contributed by atoms with E-state index in [4.69, 9.17) is 10.7 Å². The van der Waals surface area contributed by atoms with Crippen LogP contribution in [-0.2, 0) is 19.5 Å². The molecule has 0 saturated carbocycles. The summed E-state index contributed by atoms with van der Waals surface area (Å²) in [4.78, 5) is 19.7. The minimum Gasteiger partial charge on any atom is -0.382 e. The summed E-state index contributed by atoms with van der Waals surface area (Å²) < 4.78 is 0. The van der Waals surface area contributed by atoms with Crippen molar-refractivity contribution >= 4 is 16.9 Å². The van der Waals surface area contributed by atoms with E-state index in [0.717, 1.165) is 80.4 Å². The Bertz CT molecular complexity index is 907. The van der Waals surface area contributed by atoms with Crippen molar-refractivity contribution in [3.63, 3.8) is 0 Å². The Morgan fingerprint density at radius 3 is 2.80 bits per heavy atom.